The highest BCUT2D eigenvalue weighted by atomic mass is 16.2. The average molecular weight is 306 g/mol. The zero-order valence-corrected chi connectivity index (χ0v) is 12.7. The Morgan fingerprint density at radius 3 is 2.87 bits per heavy atom. The van der Waals surface area contributed by atoms with Crippen molar-refractivity contribution in [3.05, 3.63) is 59.3 Å². The molecule has 0 unspecified atom stereocenters. The van der Waals surface area contributed by atoms with Gasteiger partial charge in [-0.2, -0.15) is 5.26 Å². The number of nitriles is 1. The fraction of sp³-hybridized carbons (Fsp3) is 0.278. The lowest BCUT2D eigenvalue weighted by Gasteiger charge is -2.16. The van der Waals surface area contributed by atoms with Crippen LogP contribution in [0, 0.1) is 11.3 Å². The lowest BCUT2D eigenvalue weighted by molar-refractivity contribution is -0.123. The number of benzene rings is 1. The van der Waals surface area contributed by atoms with Gasteiger partial charge in [-0.15, -0.1) is 0 Å². The third kappa shape index (κ3) is 3.16. The van der Waals surface area contributed by atoms with Crippen molar-refractivity contribution in [2.75, 3.05) is 12.3 Å². The molecule has 2 aromatic rings. The molecule has 1 fully saturated rings. The van der Waals surface area contributed by atoms with Gasteiger partial charge in [0, 0.05) is 12.7 Å². The Bertz CT molecular complexity index is 775. The number of hydrogen-bond donors (Lipinski definition) is 2. The van der Waals surface area contributed by atoms with Crippen molar-refractivity contribution in [1.29, 1.82) is 5.26 Å². The van der Waals surface area contributed by atoms with E-state index in [0.29, 0.717) is 24.3 Å². The molecule has 5 heteroatoms. The average Bonchev–Trinajstić information content (AvgIpc) is 3.37. The molecule has 0 saturated heterocycles. The summed E-state index contributed by atoms with van der Waals surface area (Å²) < 4.78 is 0. The second kappa shape index (κ2) is 6.09. The zero-order chi connectivity index (χ0) is 16.3. The summed E-state index contributed by atoms with van der Waals surface area (Å²) in [4.78, 5) is 16.5. The van der Waals surface area contributed by atoms with Crippen LogP contribution in [0.15, 0.2) is 42.6 Å². The largest absolute Gasteiger partial charge is 0.384 e. The number of nitrogen functional groups attached to an aromatic ring is 1. The van der Waals surface area contributed by atoms with E-state index in [0.717, 1.165) is 24.0 Å². The first-order chi connectivity index (χ1) is 11.1. The third-order valence-electron chi connectivity index (χ3n) is 4.27. The molecule has 1 aliphatic rings. The number of aromatic nitrogens is 1. The maximum absolute atomic E-state index is 12.6. The molecule has 1 aromatic carbocycles. The van der Waals surface area contributed by atoms with E-state index >= 15 is 0 Å². The van der Waals surface area contributed by atoms with E-state index in [4.69, 9.17) is 11.0 Å². The molecule has 0 spiro atoms. The molecule has 1 saturated carbocycles. The highest BCUT2D eigenvalue weighted by Crippen LogP contribution is 2.48. The minimum atomic E-state index is -0.454. The van der Waals surface area contributed by atoms with Crippen molar-refractivity contribution in [2.45, 2.75) is 24.7 Å². The van der Waals surface area contributed by atoms with Gasteiger partial charge in [-0.25, -0.2) is 4.98 Å². The summed E-state index contributed by atoms with van der Waals surface area (Å²) in [6.07, 6.45) is 4.04. The van der Waals surface area contributed by atoms with Crippen LogP contribution in [-0.2, 0) is 16.6 Å². The molecule has 3 rings (SSSR count). The summed E-state index contributed by atoms with van der Waals surface area (Å²) >= 11 is 0. The Balaban J connectivity index is 1.63. The summed E-state index contributed by atoms with van der Waals surface area (Å²) in [7, 11) is 0. The monoisotopic (exact) mass is 306 g/mol. The van der Waals surface area contributed by atoms with Crippen molar-refractivity contribution >= 4 is 11.7 Å². The van der Waals surface area contributed by atoms with Crippen LogP contribution < -0.4 is 11.1 Å². The molecule has 116 valence electrons. The molecule has 0 aliphatic heterocycles. The minimum absolute atomic E-state index is 0.0367. The number of nitrogens with one attached hydrogen (secondary N) is 1. The maximum atomic E-state index is 12.6. The number of amides is 1. The maximum Gasteiger partial charge on any atom is 0.230 e. The number of rotatable bonds is 5. The van der Waals surface area contributed by atoms with Gasteiger partial charge in [0.1, 0.15) is 5.82 Å². The zero-order valence-electron chi connectivity index (χ0n) is 12.7. The standard InChI is InChI=1S/C18H18N4O/c19-12-14-2-1-3-15(10-14)18(6-7-18)17(23)22-9-5-13-4-8-21-16(20)11-13/h1-4,8,10-11H,5-7,9H2,(H2,20,21)(H,22,23). The molecule has 5 nitrogen and oxygen atoms in total. The van der Waals surface area contributed by atoms with Crippen LogP contribution in [-0.4, -0.2) is 17.4 Å². The molecular weight excluding hydrogens is 288 g/mol. The Morgan fingerprint density at radius 1 is 1.35 bits per heavy atom. The van der Waals surface area contributed by atoms with Crippen LogP contribution in [0.4, 0.5) is 5.82 Å². The molecule has 3 N–H and O–H groups in total. The van der Waals surface area contributed by atoms with Crippen molar-refractivity contribution < 1.29 is 4.79 Å². The second-order valence-corrected chi connectivity index (χ2v) is 5.87. The van der Waals surface area contributed by atoms with Gasteiger partial charge >= 0.3 is 0 Å². The predicted octanol–water partition coefficient (Wildman–Crippen LogP) is 1.93. The Kier molecular flexibility index (Phi) is 3.98. The van der Waals surface area contributed by atoms with Crippen molar-refractivity contribution in [3.63, 3.8) is 0 Å². The van der Waals surface area contributed by atoms with Crippen molar-refractivity contribution in [3.8, 4) is 6.07 Å². The summed E-state index contributed by atoms with van der Waals surface area (Å²) in [5.74, 6) is 0.524. The first-order valence-electron chi connectivity index (χ1n) is 7.63. The fourth-order valence-electron chi connectivity index (χ4n) is 2.80. The van der Waals surface area contributed by atoms with E-state index in [9.17, 15) is 4.79 Å². The molecule has 23 heavy (non-hydrogen) atoms. The molecule has 0 radical (unpaired) electrons. The van der Waals surface area contributed by atoms with Crippen molar-refractivity contribution in [1.82, 2.24) is 10.3 Å². The Hall–Kier alpha value is -2.87. The Morgan fingerprint density at radius 2 is 2.17 bits per heavy atom. The highest BCUT2D eigenvalue weighted by molar-refractivity contribution is 5.91. The first kappa shape index (κ1) is 15.0. The van der Waals surface area contributed by atoms with E-state index in [2.05, 4.69) is 16.4 Å². The minimum Gasteiger partial charge on any atom is -0.384 e. The predicted molar refractivity (Wildman–Crippen MR) is 87.4 cm³/mol. The van der Waals surface area contributed by atoms with E-state index in [1.165, 1.54) is 0 Å². The molecule has 1 aromatic heterocycles. The molecule has 1 aliphatic carbocycles. The van der Waals surface area contributed by atoms with Gasteiger partial charge in [-0.3, -0.25) is 4.79 Å². The Labute approximate surface area is 135 Å². The molecule has 1 heterocycles. The van der Waals surface area contributed by atoms with Crippen LogP contribution in [0.1, 0.15) is 29.5 Å². The van der Waals surface area contributed by atoms with Crippen LogP contribution in [0.25, 0.3) is 0 Å². The lowest BCUT2D eigenvalue weighted by atomic mass is 9.93. The topological polar surface area (TPSA) is 91.8 Å². The van der Waals surface area contributed by atoms with Crippen molar-refractivity contribution in [2.24, 2.45) is 0 Å². The smallest absolute Gasteiger partial charge is 0.230 e. The van der Waals surface area contributed by atoms with Crippen LogP contribution in [0.3, 0.4) is 0 Å². The first-order valence-corrected chi connectivity index (χ1v) is 7.63. The van der Waals surface area contributed by atoms with E-state index < -0.39 is 5.41 Å². The van der Waals surface area contributed by atoms with Crippen LogP contribution >= 0.6 is 0 Å². The molecule has 0 bridgehead atoms. The van der Waals surface area contributed by atoms with Gasteiger partial charge in [-0.05, 0) is 54.7 Å². The lowest BCUT2D eigenvalue weighted by Crippen LogP contribution is -2.36. The number of pyridine rings is 1. The fourth-order valence-corrected chi connectivity index (χ4v) is 2.80. The van der Waals surface area contributed by atoms with E-state index in [1.807, 2.05) is 30.3 Å². The van der Waals surface area contributed by atoms with Gasteiger partial charge in [0.15, 0.2) is 0 Å². The number of hydrogen-bond acceptors (Lipinski definition) is 4. The van der Waals surface area contributed by atoms with Crippen LogP contribution in [0.2, 0.25) is 0 Å². The summed E-state index contributed by atoms with van der Waals surface area (Å²) in [6, 6.07) is 13.2. The molecule has 0 atom stereocenters. The molecule has 1 amide bonds. The van der Waals surface area contributed by atoms with Crippen LogP contribution in [0.5, 0.6) is 0 Å². The van der Waals surface area contributed by atoms with Gasteiger partial charge < -0.3 is 11.1 Å². The van der Waals surface area contributed by atoms with E-state index in [1.54, 1.807) is 12.3 Å². The number of nitrogens with two attached hydrogens (primary N) is 1. The van der Waals surface area contributed by atoms with Gasteiger partial charge in [0.2, 0.25) is 5.91 Å². The van der Waals surface area contributed by atoms with Gasteiger partial charge in [0.25, 0.3) is 0 Å². The third-order valence-corrected chi connectivity index (χ3v) is 4.27. The van der Waals surface area contributed by atoms with E-state index in [-0.39, 0.29) is 5.91 Å². The normalized spacial score (nSPS) is 14.7. The number of carbonyl (C=O) groups is 1. The summed E-state index contributed by atoms with van der Waals surface area (Å²) in [5.41, 5.74) is 7.77. The SMILES string of the molecule is N#Cc1cccc(C2(C(=O)NCCc3ccnc(N)c3)CC2)c1. The number of anilines is 1. The second-order valence-electron chi connectivity index (χ2n) is 5.87. The summed E-state index contributed by atoms with van der Waals surface area (Å²) in [5, 5.41) is 12.0. The van der Waals surface area contributed by atoms with Gasteiger partial charge in [-0.1, -0.05) is 12.1 Å². The number of carbonyl (C=O) groups excluding carboxylic acids is 1. The summed E-state index contributed by atoms with van der Waals surface area (Å²) in [6.45, 7) is 0.558. The molecular formula is C18H18N4O. The quantitative estimate of drug-likeness (QED) is 0.883. The number of nitrogens with zero attached hydrogens (tertiary/aromatic N) is 2. The van der Waals surface area contributed by atoms with Gasteiger partial charge in [0.05, 0.1) is 17.0 Å². The highest BCUT2D eigenvalue weighted by Gasteiger charge is 2.51.